The van der Waals surface area contributed by atoms with Crippen LogP contribution < -0.4 is 27.5 Å². The summed E-state index contributed by atoms with van der Waals surface area (Å²) >= 11 is 0. The fraction of sp³-hybridized carbons (Fsp3) is 0.286. The maximum Gasteiger partial charge on any atom is 0.196 e. The van der Waals surface area contributed by atoms with E-state index in [0.29, 0.717) is 35.4 Å². The first-order valence-corrected chi connectivity index (χ1v) is 8.59. The van der Waals surface area contributed by atoms with Crippen molar-refractivity contribution in [1.29, 1.82) is 0 Å². The van der Waals surface area contributed by atoms with E-state index >= 15 is 0 Å². The van der Waals surface area contributed by atoms with Crippen LogP contribution in [0.5, 0.6) is 5.75 Å². The molecule has 1 aromatic heterocycles. The smallest absolute Gasteiger partial charge is 0.196 e. The SMILES string of the molecule is CCOc1ccc2c(=O)c(C)c(-c3ccccc3)oc2c1C[NH+](C)C.[Cl-]. The third-order valence-corrected chi connectivity index (χ3v) is 4.21. The van der Waals surface area contributed by atoms with Gasteiger partial charge in [0.15, 0.2) is 11.0 Å². The summed E-state index contributed by atoms with van der Waals surface area (Å²) < 4.78 is 12.1. The number of rotatable bonds is 5. The Hall–Kier alpha value is -2.30. The lowest BCUT2D eigenvalue weighted by Gasteiger charge is -2.16. The highest BCUT2D eigenvalue weighted by Gasteiger charge is 2.19. The molecule has 26 heavy (non-hydrogen) atoms. The van der Waals surface area contributed by atoms with Crippen molar-refractivity contribution in [1.82, 2.24) is 0 Å². The lowest BCUT2D eigenvalue weighted by atomic mass is 10.0. The van der Waals surface area contributed by atoms with Crippen molar-refractivity contribution >= 4 is 11.0 Å². The fourth-order valence-corrected chi connectivity index (χ4v) is 3.07. The van der Waals surface area contributed by atoms with Crippen molar-refractivity contribution in [2.24, 2.45) is 0 Å². The molecule has 0 atom stereocenters. The lowest BCUT2D eigenvalue weighted by Crippen LogP contribution is -3.04. The quantitative estimate of drug-likeness (QED) is 0.674. The van der Waals surface area contributed by atoms with Crippen molar-refractivity contribution < 1.29 is 26.5 Å². The average Bonchev–Trinajstić information content (AvgIpc) is 2.60. The van der Waals surface area contributed by atoms with Gasteiger partial charge < -0.3 is 26.5 Å². The first-order chi connectivity index (χ1) is 12.0. The van der Waals surface area contributed by atoms with Crippen LogP contribution in [0.1, 0.15) is 18.1 Å². The molecule has 1 heterocycles. The van der Waals surface area contributed by atoms with E-state index in [2.05, 4.69) is 14.1 Å². The summed E-state index contributed by atoms with van der Waals surface area (Å²) in [5, 5.41) is 0.608. The summed E-state index contributed by atoms with van der Waals surface area (Å²) in [5.74, 6) is 1.41. The third-order valence-electron chi connectivity index (χ3n) is 4.21. The number of nitrogens with one attached hydrogen (secondary N) is 1. The second-order valence-corrected chi connectivity index (χ2v) is 6.49. The fourth-order valence-electron chi connectivity index (χ4n) is 3.07. The largest absolute Gasteiger partial charge is 1.00 e. The van der Waals surface area contributed by atoms with Gasteiger partial charge in [0.2, 0.25) is 0 Å². The molecular formula is C21H24ClNO3. The van der Waals surface area contributed by atoms with Crippen LogP contribution in [0.15, 0.2) is 51.7 Å². The number of fused-ring (bicyclic) bond motifs is 1. The molecule has 0 spiro atoms. The molecule has 3 rings (SSSR count). The van der Waals surface area contributed by atoms with E-state index in [1.807, 2.05) is 56.3 Å². The summed E-state index contributed by atoms with van der Waals surface area (Å²) in [6.07, 6.45) is 0. The van der Waals surface area contributed by atoms with Gasteiger partial charge in [0, 0.05) is 11.1 Å². The summed E-state index contributed by atoms with van der Waals surface area (Å²) in [7, 11) is 4.14. The highest BCUT2D eigenvalue weighted by molar-refractivity contribution is 5.85. The molecule has 0 aliphatic rings. The molecule has 5 heteroatoms. The predicted molar refractivity (Wildman–Crippen MR) is 100 cm³/mol. The van der Waals surface area contributed by atoms with Crippen LogP contribution in [0, 0.1) is 6.92 Å². The Morgan fingerprint density at radius 1 is 1.08 bits per heavy atom. The van der Waals surface area contributed by atoms with Crippen molar-refractivity contribution in [2.45, 2.75) is 20.4 Å². The van der Waals surface area contributed by atoms with Crippen LogP contribution in [-0.4, -0.2) is 20.7 Å². The second kappa shape index (κ2) is 8.39. The number of benzene rings is 2. The van der Waals surface area contributed by atoms with Crippen molar-refractivity contribution in [3.63, 3.8) is 0 Å². The third kappa shape index (κ3) is 3.76. The minimum atomic E-state index is 0. The van der Waals surface area contributed by atoms with Crippen LogP contribution >= 0.6 is 0 Å². The zero-order chi connectivity index (χ0) is 18.0. The van der Waals surface area contributed by atoms with E-state index in [1.54, 1.807) is 0 Å². The second-order valence-electron chi connectivity index (χ2n) is 6.49. The molecule has 0 fully saturated rings. The van der Waals surface area contributed by atoms with E-state index in [4.69, 9.17) is 9.15 Å². The molecule has 2 aromatic carbocycles. The Balaban J connectivity index is 0.00000243. The standard InChI is InChI=1S/C21H23NO3.ClH/c1-5-24-18-12-11-16-19(23)14(2)20(15-9-7-6-8-10-15)25-21(16)17(18)13-22(3)4;/h6-12H,5,13H2,1-4H3;1H. The van der Waals surface area contributed by atoms with Crippen LogP contribution in [0.3, 0.4) is 0 Å². The van der Waals surface area contributed by atoms with Crippen LogP contribution in [0.4, 0.5) is 0 Å². The molecule has 138 valence electrons. The highest BCUT2D eigenvalue weighted by Crippen LogP contribution is 2.31. The van der Waals surface area contributed by atoms with Crippen molar-refractivity contribution in [2.75, 3.05) is 20.7 Å². The molecule has 0 amide bonds. The molecule has 0 saturated heterocycles. The van der Waals surface area contributed by atoms with Crippen LogP contribution in [-0.2, 0) is 6.54 Å². The van der Waals surface area contributed by atoms with Gasteiger partial charge in [-0.25, -0.2) is 0 Å². The maximum atomic E-state index is 12.9. The van der Waals surface area contributed by atoms with Gasteiger partial charge in [-0.1, -0.05) is 30.3 Å². The van der Waals surface area contributed by atoms with Gasteiger partial charge in [-0.3, -0.25) is 4.79 Å². The molecule has 0 aliphatic heterocycles. The van der Waals surface area contributed by atoms with Crippen LogP contribution in [0.25, 0.3) is 22.3 Å². The predicted octanol–water partition coefficient (Wildman–Crippen LogP) is -0.184. The Kier molecular flexibility index (Phi) is 6.46. The topological polar surface area (TPSA) is 43.9 Å². The molecule has 0 bridgehead atoms. The Bertz CT molecular complexity index is 949. The molecule has 0 unspecified atom stereocenters. The van der Waals surface area contributed by atoms with Crippen molar-refractivity contribution in [3.05, 3.63) is 63.8 Å². The number of halogens is 1. The molecule has 0 aliphatic carbocycles. The number of hydrogen-bond acceptors (Lipinski definition) is 3. The molecule has 0 saturated carbocycles. The normalized spacial score (nSPS) is 10.8. The molecule has 0 radical (unpaired) electrons. The zero-order valence-corrected chi connectivity index (χ0v) is 16.3. The Labute approximate surface area is 159 Å². The minimum Gasteiger partial charge on any atom is -1.00 e. The van der Waals surface area contributed by atoms with Gasteiger partial charge in [-0.15, -0.1) is 0 Å². The Morgan fingerprint density at radius 3 is 2.38 bits per heavy atom. The van der Waals surface area contributed by atoms with Gasteiger partial charge in [0.1, 0.15) is 18.1 Å². The summed E-state index contributed by atoms with van der Waals surface area (Å²) in [5.41, 5.74) is 3.11. The maximum absolute atomic E-state index is 12.9. The first-order valence-electron chi connectivity index (χ1n) is 8.59. The highest BCUT2D eigenvalue weighted by atomic mass is 35.5. The van der Waals surface area contributed by atoms with E-state index in [1.165, 1.54) is 4.90 Å². The van der Waals surface area contributed by atoms with Crippen LogP contribution in [0.2, 0.25) is 0 Å². The van der Waals surface area contributed by atoms with Gasteiger partial charge in [0.25, 0.3) is 0 Å². The minimum absolute atomic E-state index is 0. The van der Waals surface area contributed by atoms with Gasteiger partial charge in [-0.05, 0) is 26.0 Å². The zero-order valence-electron chi connectivity index (χ0n) is 15.6. The summed E-state index contributed by atoms with van der Waals surface area (Å²) in [6.45, 7) is 5.06. The lowest BCUT2D eigenvalue weighted by molar-refractivity contribution is -0.872. The van der Waals surface area contributed by atoms with Gasteiger partial charge >= 0.3 is 0 Å². The van der Waals surface area contributed by atoms with E-state index in [-0.39, 0.29) is 17.8 Å². The Morgan fingerprint density at radius 2 is 1.77 bits per heavy atom. The number of ether oxygens (including phenoxy) is 1. The van der Waals surface area contributed by atoms with Gasteiger partial charge in [0.05, 0.1) is 31.7 Å². The molecule has 3 aromatic rings. The summed E-state index contributed by atoms with van der Waals surface area (Å²) in [6, 6.07) is 13.4. The van der Waals surface area contributed by atoms with Crippen molar-refractivity contribution in [3.8, 4) is 17.1 Å². The average molecular weight is 374 g/mol. The van der Waals surface area contributed by atoms with E-state index in [9.17, 15) is 4.79 Å². The van der Waals surface area contributed by atoms with E-state index < -0.39 is 0 Å². The monoisotopic (exact) mass is 373 g/mol. The number of hydrogen-bond donors (Lipinski definition) is 1. The molecular weight excluding hydrogens is 350 g/mol. The molecule has 1 N–H and O–H groups in total. The van der Waals surface area contributed by atoms with Gasteiger partial charge in [-0.2, -0.15) is 0 Å². The first kappa shape index (κ1) is 20.0. The summed E-state index contributed by atoms with van der Waals surface area (Å²) in [4.78, 5) is 14.2. The number of quaternary nitrogens is 1. The van der Waals surface area contributed by atoms with E-state index in [0.717, 1.165) is 16.9 Å². The molecule has 4 nitrogen and oxygen atoms in total.